The third-order valence-electron chi connectivity index (χ3n) is 1.79. The molecule has 0 saturated heterocycles. The molecule has 0 spiro atoms. The molecule has 14 heavy (non-hydrogen) atoms. The molecule has 2 nitrogen and oxygen atoms in total. The van der Waals surface area contributed by atoms with Gasteiger partial charge in [-0.2, -0.15) is 0 Å². The van der Waals surface area contributed by atoms with Gasteiger partial charge in [0, 0.05) is 10.9 Å². The van der Waals surface area contributed by atoms with Crippen LogP contribution < -0.4 is 0 Å². The summed E-state index contributed by atoms with van der Waals surface area (Å²) in [5, 5.41) is 0. The van der Waals surface area contributed by atoms with Crippen molar-refractivity contribution in [1.82, 2.24) is 0 Å². The minimum atomic E-state index is -0.0814. The Bertz CT molecular complexity index is 358. The van der Waals surface area contributed by atoms with Crippen molar-refractivity contribution in [3.05, 3.63) is 34.3 Å². The van der Waals surface area contributed by atoms with Gasteiger partial charge in [-0.05, 0) is 18.6 Å². The topological polar surface area (TPSA) is 34.1 Å². The number of carbonyl (C=O) groups excluding carboxylic acids is 2. The predicted molar refractivity (Wildman–Crippen MR) is 58.2 cm³/mol. The average Bonchev–Trinajstić information content (AvgIpc) is 2.07. The molecular weight excluding hydrogens is 244 g/mol. The number of hydrogen-bond donors (Lipinski definition) is 0. The van der Waals surface area contributed by atoms with Crippen molar-refractivity contribution in [2.45, 2.75) is 19.8 Å². The van der Waals surface area contributed by atoms with Crippen LogP contribution in [0.5, 0.6) is 0 Å². The molecule has 0 aliphatic heterocycles. The Morgan fingerprint density at radius 3 is 2.50 bits per heavy atom. The summed E-state index contributed by atoms with van der Waals surface area (Å²) in [6.07, 6.45) is 0.350. The minimum absolute atomic E-state index is 0.0291. The van der Waals surface area contributed by atoms with E-state index in [1.807, 2.05) is 24.3 Å². The lowest BCUT2D eigenvalue weighted by Crippen LogP contribution is -2.07. The average molecular weight is 255 g/mol. The van der Waals surface area contributed by atoms with Crippen LogP contribution in [0.4, 0.5) is 0 Å². The van der Waals surface area contributed by atoms with Gasteiger partial charge in [0.2, 0.25) is 0 Å². The van der Waals surface area contributed by atoms with E-state index in [-0.39, 0.29) is 18.0 Å². The second-order valence-corrected chi connectivity index (χ2v) is 4.04. The van der Waals surface area contributed by atoms with E-state index in [0.29, 0.717) is 6.42 Å². The van der Waals surface area contributed by atoms with Crippen LogP contribution in [0.3, 0.4) is 0 Å². The number of benzene rings is 1. The molecule has 1 aromatic carbocycles. The predicted octanol–water partition coefficient (Wildman–Crippen LogP) is 2.54. The van der Waals surface area contributed by atoms with Gasteiger partial charge in [-0.15, -0.1) is 0 Å². The lowest BCUT2D eigenvalue weighted by Gasteiger charge is -2.01. The summed E-state index contributed by atoms with van der Waals surface area (Å²) in [4.78, 5) is 22.0. The molecule has 0 amide bonds. The standard InChI is InChI=1S/C11H11BrO2/c1-8(13)6-10(14)7-9-4-2-3-5-11(9)12/h2-5H,6-7H2,1H3. The first-order valence-corrected chi connectivity index (χ1v) is 5.13. The van der Waals surface area contributed by atoms with Crippen LogP contribution in [0, 0.1) is 0 Å². The molecule has 3 heteroatoms. The Hall–Kier alpha value is -0.960. The third-order valence-corrected chi connectivity index (χ3v) is 2.57. The van der Waals surface area contributed by atoms with E-state index in [1.165, 1.54) is 6.92 Å². The first kappa shape index (κ1) is 11.1. The van der Waals surface area contributed by atoms with Crippen LogP contribution >= 0.6 is 15.9 Å². The van der Waals surface area contributed by atoms with Crippen LogP contribution in [0.2, 0.25) is 0 Å². The van der Waals surface area contributed by atoms with Gasteiger partial charge in [0.15, 0.2) is 0 Å². The maximum absolute atomic E-state index is 11.3. The normalized spacial score (nSPS) is 9.86. The van der Waals surface area contributed by atoms with Crippen molar-refractivity contribution < 1.29 is 9.59 Å². The smallest absolute Gasteiger partial charge is 0.144 e. The zero-order chi connectivity index (χ0) is 10.6. The molecule has 0 N–H and O–H groups in total. The molecule has 0 fully saturated rings. The van der Waals surface area contributed by atoms with Gasteiger partial charge in [0.05, 0.1) is 6.42 Å². The van der Waals surface area contributed by atoms with Gasteiger partial charge in [-0.3, -0.25) is 9.59 Å². The SMILES string of the molecule is CC(=O)CC(=O)Cc1ccccc1Br. The molecule has 0 aliphatic rings. The molecule has 0 unspecified atom stereocenters. The van der Waals surface area contributed by atoms with Gasteiger partial charge in [0.1, 0.15) is 11.6 Å². The third kappa shape index (κ3) is 3.42. The highest BCUT2D eigenvalue weighted by atomic mass is 79.9. The summed E-state index contributed by atoms with van der Waals surface area (Å²) in [6.45, 7) is 1.43. The van der Waals surface area contributed by atoms with Crippen molar-refractivity contribution in [1.29, 1.82) is 0 Å². The number of carbonyl (C=O) groups is 2. The maximum atomic E-state index is 11.3. The van der Waals surface area contributed by atoms with E-state index in [2.05, 4.69) is 15.9 Å². The van der Waals surface area contributed by atoms with E-state index in [9.17, 15) is 9.59 Å². The largest absolute Gasteiger partial charge is 0.300 e. The van der Waals surface area contributed by atoms with Crippen LogP contribution in [0.1, 0.15) is 18.9 Å². The summed E-state index contributed by atoms with van der Waals surface area (Å²) < 4.78 is 0.914. The number of halogens is 1. The van der Waals surface area contributed by atoms with Crippen LogP contribution in [-0.2, 0) is 16.0 Å². The summed E-state index contributed by atoms with van der Waals surface area (Å²) in [7, 11) is 0. The summed E-state index contributed by atoms with van der Waals surface area (Å²) in [5.74, 6) is -0.119. The highest BCUT2D eigenvalue weighted by Crippen LogP contribution is 2.16. The number of Topliss-reactive ketones (excluding diaryl/α,β-unsaturated/α-hetero) is 2. The highest BCUT2D eigenvalue weighted by molar-refractivity contribution is 9.10. The number of rotatable bonds is 4. The van der Waals surface area contributed by atoms with E-state index >= 15 is 0 Å². The molecule has 0 atom stereocenters. The molecular formula is C11H11BrO2. The molecule has 1 aromatic rings. The van der Waals surface area contributed by atoms with Crippen molar-refractivity contribution in [3.63, 3.8) is 0 Å². The summed E-state index contributed by atoms with van der Waals surface area (Å²) >= 11 is 3.35. The van der Waals surface area contributed by atoms with E-state index < -0.39 is 0 Å². The van der Waals surface area contributed by atoms with Crippen molar-refractivity contribution in [3.8, 4) is 0 Å². The van der Waals surface area contributed by atoms with Crippen LogP contribution in [-0.4, -0.2) is 11.6 Å². The quantitative estimate of drug-likeness (QED) is 0.775. The van der Waals surface area contributed by atoms with Crippen LogP contribution in [0.25, 0.3) is 0 Å². The van der Waals surface area contributed by atoms with Crippen molar-refractivity contribution in [2.24, 2.45) is 0 Å². The fraction of sp³-hybridized carbons (Fsp3) is 0.273. The molecule has 74 valence electrons. The lowest BCUT2D eigenvalue weighted by molar-refractivity contribution is -0.125. The second-order valence-electron chi connectivity index (χ2n) is 3.19. The van der Waals surface area contributed by atoms with Crippen molar-refractivity contribution in [2.75, 3.05) is 0 Å². The maximum Gasteiger partial charge on any atom is 0.144 e. The fourth-order valence-corrected chi connectivity index (χ4v) is 1.62. The number of ketones is 2. The van der Waals surface area contributed by atoms with Gasteiger partial charge >= 0.3 is 0 Å². The molecule has 1 rings (SSSR count). The Morgan fingerprint density at radius 2 is 1.93 bits per heavy atom. The van der Waals surface area contributed by atoms with Gasteiger partial charge in [-0.25, -0.2) is 0 Å². The van der Waals surface area contributed by atoms with E-state index in [4.69, 9.17) is 0 Å². The molecule has 0 bridgehead atoms. The molecule has 0 aromatic heterocycles. The Balaban J connectivity index is 2.65. The lowest BCUT2D eigenvalue weighted by atomic mass is 10.1. The summed E-state index contributed by atoms with van der Waals surface area (Å²) in [6, 6.07) is 7.53. The van der Waals surface area contributed by atoms with Crippen LogP contribution in [0.15, 0.2) is 28.7 Å². The van der Waals surface area contributed by atoms with E-state index in [0.717, 1.165) is 10.0 Å². The molecule has 0 saturated carbocycles. The molecule has 0 aliphatic carbocycles. The number of hydrogen-bond acceptors (Lipinski definition) is 2. The monoisotopic (exact) mass is 254 g/mol. The Morgan fingerprint density at radius 1 is 1.29 bits per heavy atom. The van der Waals surface area contributed by atoms with E-state index in [1.54, 1.807) is 0 Å². The Kier molecular flexibility index (Phi) is 4.01. The summed E-state index contributed by atoms with van der Waals surface area (Å²) in [5.41, 5.74) is 0.929. The Labute approximate surface area is 91.4 Å². The zero-order valence-corrected chi connectivity index (χ0v) is 9.50. The van der Waals surface area contributed by atoms with Gasteiger partial charge in [-0.1, -0.05) is 34.1 Å². The van der Waals surface area contributed by atoms with Gasteiger partial charge < -0.3 is 0 Å². The second kappa shape index (κ2) is 5.05. The first-order chi connectivity index (χ1) is 6.59. The zero-order valence-electron chi connectivity index (χ0n) is 7.92. The first-order valence-electron chi connectivity index (χ1n) is 4.34. The fourth-order valence-electron chi connectivity index (χ4n) is 1.19. The molecule has 0 radical (unpaired) electrons. The highest BCUT2D eigenvalue weighted by Gasteiger charge is 2.08. The minimum Gasteiger partial charge on any atom is -0.300 e. The van der Waals surface area contributed by atoms with Crippen molar-refractivity contribution >= 4 is 27.5 Å². The molecule has 0 heterocycles. The van der Waals surface area contributed by atoms with Gasteiger partial charge in [0.25, 0.3) is 0 Å².